The Kier molecular flexibility index (Phi) is 10.7. The molecule has 40 heavy (non-hydrogen) atoms. The zero-order valence-corrected chi connectivity index (χ0v) is 24.7. The first kappa shape index (κ1) is 30.5. The van der Waals surface area contributed by atoms with Crippen LogP contribution in [-0.2, 0) is 16.1 Å². The number of likely N-dealkylation sites (tertiary alicyclic amines) is 1. The maximum atomic E-state index is 13.8. The van der Waals surface area contributed by atoms with Crippen LogP contribution in [0.15, 0.2) is 54.6 Å². The fourth-order valence-corrected chi connectivity index (χ4v) is 6.90. The third-order valence-electron chi connectivity index (χ3n) is 9.34. The van der Waals surface area contributed by atoms with Gasteiger partial charge in [-0.05, 0) is 48.3 Å². The number of carbonyl (C=O) groups is 2. The van der Waals surface area contributed by atoms with Crippen LogP contribution in [0.4, 0.5) is 0 Å². The molecule has 1 spiro atoms. The molecule has 6 nitrogen and oxygen atoms in total. The molecule has 2 aromatic rings. The average molecular weight is 568 g/mol. The van der Waals surface area contributed by atoms with E-state index in [4.69, 9.17) is 0 Å². The van der Waals surface area contributed by atoms with Crippen molar-refractivity contribution >= 4 is 24.2 Å². The summed E-state index contributed by atoms with van der Waals surface area (Å²) in [5.41, 5.74) is 2.25. The summed E-state index contributed by atoms with van der Waals surface area (Å²) in [4.78, 5) is 31.8. The fourth-order valence-electron chi connectivity index (χ4n) is 6.90. The first-order chi connectivity index (χ1) is 19.0. The summed E-state index contributed by atoms with van der Waals surface area (Å²) in [5, 5.41) is 13.9. The number of carbonyl (C=O) groups excluding carboxylic acids is 2. The van der Waals surface area contributed by atoms with Crippen molar-refractivity contribution in [3.63, 3.8) is 0 Å². The molecule has 2 atom stereocenters. The molecular weight excluding hydrogens is 522 g/mol. The van der Waals surface area contributed by atoms with Crippen LogP contribution in [-0.4, -0.2) is 57.9 Å². The van der Waals surface area contributed by atoms with E-state index in [1.165, 1.54) is 37.7 Å². The Balaban J connectivity index is 0.00000370. The third kappa shape index (κ3) is 6.72. The minimum absolute atomic E-state index is 0. The number of unbranched alkanes of at least 4 members (excludes halogenated alkanes) is 1. The molecule has 0 radical (unpaired) electrons. The van der Waals surface area contributed by atoms with E-state index < -0.39 is 11.6 Å². The van der Waals surface area contributed by atoms with E-state index in [-0.39, 0.29) is 30.3 Å². The Morgan fingerprint density at radius 3 is 2.25 bits per heavy atom. The van der Waals surface area contributed by atoms with Crippen LogP contribution < -0.4 is 5.32 Å². The molecule has 2 saturated heterocycles. The smallest absolute Gasteiger partial charge is 0.246 e. The fraction of sp³-hybridized carbons (Fsp3) is 0.576. The molecule has 0 aromatic heterocycles. The summed E-state index contributed by atoms with van der Waals surface area (Å²) in [5.74, 6) is 0.768. The van der Waals surface area contributed by atoms with E-state index in [9.17, 15) is 14.7 Å². The van der Waals surface area contributed by atoms with Crippen molar-refractivity contribution in [2.45, 2.75) is 95.4 Å². The normalized spacial score (nSPS) is 22.6. The van der Waals surface area contributed by atoms with E-state index in [0.29, 0.717) is 25.3 Å². The van der Waals surface area contributed by atoms with Crippen LogP contribution >= 0.6 is 12.4 Å². The second-order valence-electron chi connectivity index (χ2n) is 12.0. The molecular formula is C33H46ClN3O3. The number of piperidine rings is 1. The highest BCUT2D eigenvalue weighted by Crippen LogP contribution is 2.36. The van der Waals surface area contributed by atoms with Gasteiger partial charge >= 0.3 is 0 Å². The van der Waals surface area contributed by atoms with Gasteiger partial charge in [-0.15, -0.1) is 12.4 Å². The van der Waals surface area contributed by atoms with Crippen molar-refractivity contribution in [3.8, 4) is 0 Å². The monoisotopic (exact) mass is 567 g/mol. The highest BCUT2D eigenvalue weighted by Gasteiger charge is 2.53. The van der Waals surface area contributed by atoms with E-state index in [1.54, 1.807) is 0 Å². The predicted octanol–water partition coefficient (Wildman–Crippen LogP) is 5.62. The van der Waals surface area contributed by atoms with Crippen molar-refractivity contribution in [1.82, 2.24) is 15.1 Å². The van der Waals surface area contributed by atoms with Gasteiger partial charge in [0.05, 0.1) is 0 Å². The second kappa shape index (κ2) is 14.0. The Hall–Kier alpha value is -2.41. The minimum Gasteiger partial charge on any atom is -0.384 e. The molecule has 2 amide bonds. The Labute approximate surface area is 245 Å². The van der Waals surface area contributed by atoms with Gasteiger partial charge < -0.3 is 15.3 Å². The molecule has 2 aromatic carbocycles. The van der Waals surface area contributed by atoms with Crippen molar-refractivity contribution in [2.75, 3.05) is 19.6 Å². The van der Waals surface area contributed by atoms with Gasteiger partial charge in [-0.2, -0.15) is 0 Å². The summed E-state index contributed by atoms with van der Waals surface area (Å²) in [6.45, 7) is 5.19. The molecule has 3 aliphatic rings. The molecule has 2 aliphatic heterocycles. The van der Waals surface area contributed by atoms with Crippen LogP contribution in [0.25, 0.3) is 0 Å². The number of piperazine rings is 1. The first-order valence-corrected chi connectivity index (χ1v) is 15.2. The number of hydrogen-bond donors (Lipinski definition) is 2. The van der Waals surface area contributed by atoms with Gasteiger partial charge in [-0.1, -0.05) is 100 Å². The first-order valence-electron chi connectivity index (χ1n) is 15.2. The van der Waals surface area contributed by atoms with Crippen LogP contribution in [0.3, 0.4) is 0 Å². The summed E-state index contributed by atoms with van der Waals surface area (Å²) in [7, 11) is 0. The van der Waals surface area contributed by atoms with E-state index in [1.807, 2.05) is 47.4 Å². The molecule has 5 rings (SSSR count). The number of rotatable bonds is 9. The second-order valence-corrected chi connectivity index (χ2v) is 12.0. The summed E-state index contributed by atoms with van der Waals surface area (Å²) >= 11 is 0. The Morgan fingerprint density at radius 1 is 0.950 bits per heavy atom. The Bertz CT molecular complexity index is 1100. The highest BCUT2D eigenvalue weighted by molar-refractivity contribution is 6.00. The lowest BCUT2D eigenvalue weighted by molar-refractivity contribution is -0.162. The number of nitrogens with one attached hydrogen (secondary N) is 1. The standard InChI is InChI=1S/C33H45N3O3.ClH/c1-2-3-20-36-31(38)29(23-25-10-6-4-7-11-25)34-32(39)33(36)18-21-35(22-19-33)24-26-14-16-28(17-15-26)30(37)27-12-8-5-9-13-27;/h5,8-9,12-17,25,29-30,37H,2-4,6-7,10-11,18-24H2,1H3,(H,34,39);1H/t29-,30-;/m0./s1. The van der Waals surface area contributed by atoms with Crippen molar-refractivity contribution in [3.05, 3.63) is 71.3 Å². The van der Waals surface area contributed by atoms with Gasteiger partial charge in [0, 0.05) is 26.2 Å². The Morgan fingerprint density at radius 2 is 1.60 bits per heavy atom. The quantitative estimate of drug-likeness (QED) is 0.412. The average Bonchev–Trinajstić information content (AvgIpc) is 2.98. The van der Waals surface area contributed by atoms with Crippen LogP contribution in [0, 0.1) is 5.92 Å². The van der Waals surface area contributed by atoms with Gasteiger partial charge in [0.15, 0.2) is 0 Å². The number of aliphatic hydroxyl groups excluding tert-OH is 1. The van der Waals surface area contributed by atoms with Gasteiger partial charge in [-0.3, -0.25) is 14.5 Å². The van der Waals surface area contributed by atoms with Gasteiger partial charge in [0.2, 0.25) is 11.8 Å². The minimum atomic E-state index is -0.713. The highest BCUT2D eigenvalue weighted by atomic mass is 35.5. The van der Waals surface area contributed by atoms with Gasteiger partial charge in [0.1, 0.15) is 17.7 Å². The largest absolute Gasteiger partial charge is 0.384 e. The lowest BCUT2D eigenvalue weighted by Crippen LogP contribution is -2.73. The van der Waals surface area contributed by atoms with Crippen LogP contribution in [0.1, 0.15) is 93.9 Å². The molecule has 7 heteroatoms. The van der Waals surface area contributed by atoms with Gasteiger partial charge in [0.25, 0.3) is 0 Å². The lowest BCUT2D eigenvalue weighted by Gasteiger charge is -2.52. The molecule has 218 valence electrons. The van der Waals surface area contributed by atoms with Gasteiger partial charge in [-0.25, -0.2) is 0 Å². The third-order valence-corrected chi connectivity index (χ3v) is 9.34. The number of benzene rings is 2. The topological polar surface area (TPSA) is 72.9 Å². The number of amides is 2. The van der Waals surface area contributed by atoms with Crippen LogP contribution in [0.2, 0.25) is 0 Å². The molecule has 1 saturated carbocycles. The van der Waals surface area contributed by atoms with E-state index in [0.717, 1.165) is 50.0 Å². The number of hydrogen-bond acceptors (Lipinski definition) is 4. The van der Waals surface area contributed by atoms with Crippen molar-refractivity contribution in [2.24, 2.45) is 5.92 Å². The SMILES string of the molecule is CCCCN1C(=O)[C@H](CC2CCCCC2)NC(=O)C12CCN(Cc1ccc([C@@H](O)c3ccccc3)cc1)CC2.Cl. The number of nitrogens with zero attached hydrogens (tertiary/aromatic N) is 2. The molecule has 2 heterocycles. The molecule has 1 aliphatic carbocycles. The molecule has 3 fully saturated rings. The number of aliphatic hydroxyl groups is 1. The zero-order valence-electron chi connectivity index (χ0n) is 23.9. The van der Waals surface area contributed by atoms with E-state index in [2.05, 4.69) is 29.3 Å². The van der Waals surface area contributed by atoms with Crippen molar-refractivity contribution in [1.29, 1.82) is 0 Å². The molecule has 2 N–H and O–H groups in total. The maximum absolute atomic E-state index is 13.8. The predicted molar refractivity (Wildman–Crippen MR) is 161 cm³/mol. The summed E-state index contributed by atoms with van der Waals surface area (Å²) < 4.78 is 0. The summed E-state index contributed by atoms with van der Waals surface area (Å²) in [6.07, 6.45) is 9.61. The maximum Gasteiger partial charge on any atom is 0.246 e. The lowest BCUT2D eigenvalue weighted by atomic mass is 9.79. The number of halogens is 1. The van der Waals surface area contributed by atoms with E-state index >= 15 is 0 Å². The van der Waals surface area contributed by atoms with Crippen molar-refractivity contribution < 1.29 is 14.7 Å². The van der Waals surface area contributed by atoms with Crippen LogP contribution in [0.5, 0.6) is 0 Å². The molecule has 0 bridgehead atoms. The summed E-state index contributed by atoms with van der Waals surface area (Å²) in [6, 6.07) is 17.5. The zero-order chi connectivity index (χ0) is 27.2. The molecule has 0 unspecified atom stereocenters.